The molecule has 0 saturated carbocycles. The average Bonchev–Trinajstić information content (AvgIpc) is 3.04. The van der Waals surface area contributed by atoms with Crippen molar-refractivity contribution in [2.24, 2.45) is 0 Å². The summed E-state index contributed by atoms with van der Waals surface area (Å²) in [5.74, 6) is -0.398. The number of carbonyl (C=O) groups excluding carboxylic acids is 3. The van der Waals surface area contributed by atoms with Crippen molar-refractivity contribution in [3.05, 3.63) is 94.5 Å². The molecule has 0 aromatic heterocycles. The highest BCUT2D eigenvalue weighted by atomic mass is 31.2. The quantitative estimate of drug-likeness (QED) is 0.156. The molecule has 4 rings (SSSR count). The van der Waals surface area contributed by atoms with E-state index in [4.69, 9.17) is 0 Å². The van der Waals surface area contributed by atoms with Gasteiger partial charge in [-0.1, -0.05) is 80.1 Å². The van der Waals surface area contributed by atoms with Gasteiger partial charge in [0, 0.05) is 67.4 Å². The third-order valence-corrected chi connectivity index (χ3v) is 11.6. The Hall–Kier alpha value is -3.42. The molecule has 0 aliphatic carbocycles. The zero-order valence-electron chi connectivity index (χ0n) is 26.9. The third-order valence-electron chi connectivity index (χ3n) is 8.76. The van der Waals surface area contributed by atoms with Crippen molar-refractivity contribution in [1.29, 1.82) is 0 Å². The molecule has 1 aliphatic heterocycles. The largest absolute Gasteiger partial charge is 0.395 e. The molecule has 1 amide bonds. The lowest BCUT2D eigenvalue weighted by atomic mass is 9.89. The fraction of sp³-hybridized carbons (Fsp3) is 0.417. The number of β-amino-alcohol motifs (C(OH)–C–C–N with tert-alkyl or cyclic N) is 1. The maximum atomic E-state index is 14.9. The summed E-state index contributed by atoms with van der Waals surface area (Å²) < 4.78 is 14.9. The summed E-state index contributed by atoms with van der Waals surface area (Å²) >= 11 is 0. The lowest BCUT2D eigenvalue weighted by Gasteiger charge is -2.38. The first-order chi connectivity index (χ1) is 21.6. The van der Waals surface area contributed by atoms with E-state index in [-0.39, 0.29) is 24.7 Å². The third kappa shape index (κ3) is 7.70. The number of benzene rings is 3. The number of aryl methyl sites for hydroxylation is 2. The van der Waals surface area contributed by atoms with Crippen LogP contribution in [0.1, 0.15) is 63.6 Å². The fourth-order valence-corrected chi connectivity index (χ4v) is 8.98. The Morgan fingerprint density at radius 3 is 1.96 bits per heavy atom. The van der Waals surface area contributed by atoms with Gasteiger partial charge in [-0.3, -0.25) is 24.2 Å². The Morgan fingerprint density at radius 1 is 0.867 bits per heavy atom. The van der Waals surface area contributed by atoms with Gasteiger partial charge >= 0.3 is 0 Å². The van der Waals surface area contributed by atoms with Crippen LogP contribution in [-0.4, -0.2) is 84.0 Å². The van der Waals surface area contributed by atoms with Crippen molar-refractivity contribution in [2.75, 3.05) is 45.9 Å². The van der Waals surface area contributed by atoms with Crippen LogP contribution in [0.3, 0.4) is 0 Å². The predicted molar refractivity (Wildman–Crippen MR) is 180 cm³/mol. The molecule has 8 nitrogen and oxygen atoms in total. The van der Waals surface area contributed by atoms with Crippen molar-refractivity contribution in [1.82, 2.24) is 15.1 Å². The summed E-state index contributed by atoms with van der Waals surface area (Å²) in [5.41, 5.74) is 2.07. The van der Waals surface area contributed by atoms with Gasteiger partial charge in [-0.05, 0) is 43.9 Å². The van der Waals surface area contributed by atoms with Crippen LogP contribution in [0, 0.1) is 20.8 Å². The minimum atomic E-state index is -3.79. The van der Waals surface area contributed by atoms with Gasteiger partial charge in [0.15, 0.2) is 5.78 Å². The minimum absolute atomic E-state index is 0.0363. The number of nitrogens with zero attached hydrogens (tertiary/aromatic N) is 2. The van der Waals surface area contributed by atoms with E-state index in [1.165, 1.54) is 0 Å². The van der Waals surface area contributed by atoms with E-state index in [9.17, 15) is 24.1 Å². The normalized spacial score (nSPS) is 15.0. The lowest BCUT2D eigenvalue weighted by Crippen LogP contribution is -2.55. The van der Waals surface area contributed by atoms with E-state index in [2.05, 4.69) is 22.0 Å². The minimum Gasteiger partial charge on any atom is -0.395 e. The van der Waals surface area contributed by atoms with Gasteiger partial charge in [-0.15, -0.1) is 0 Å². The summed E-state index contributed by atoms with van der Waals surface area (Å²) in [7, 11) is -3.79. The first kappa shape index (κ1) is 34.5. The highest BCUT2D eigenvalue weighted by Gasteiger charge is 2.39. The van der Waals surface area contributed by atoms with Crippen molar-refractivity contribution < 1.29 is 24.1 Å². The van der Waals surface area contributed by atoms with E-state index in [0.29, 0.717) is 72.1 Å². The number of piperazine rings is 1. The zero-order valence-corrected chi connectivity index (χ0v) is 27.8. The molecule has 0 bridgehead atoms. The Morgan fingerprint density at radius 2 is 1.42 bits per heavy atom. The summed E-state index contributed by atoms with van der Waals surface area (Å²) in [6.07, 6.45) is 1.75. The summed E-state index contributed by atoms with van der Waals surface area (Å²) in [5, 5.41) is 13.3. The standard InChI is InChI=1S/C36H46N3O5P/c1-5-6-17-37-35(42)31(39-20-18-38(19-21-39)22-23-40)25-32(41)33-26(2)24-27(3)34(28(33)4)36(43)45(44,29-13-9-7-10-14-29)30-15-11-8-12-16-30/h7-16,24,31,40H,5-6,17-23,25H2,1-4H3,(H,37,42). The molecule has 0 spiro atoms. The molecule has 2 N–H and O–H groups in total. The molecule has 1 saturated heterocycles. The number of rotatable bonds is 14. The Kier molecular flexibility index (Phi) is 12.0. The number of unbranched alkanes of at least 4 members (excludes halogenated alkanes) is 1. The molecular weight excluding hydrogens is 585 g/mol. The second kappa shape index (κ2) is 15.7. The lowest BCUT2D eigenvalue weighted by molar-refractivity contribution is -0.127. The fourth-order valence-electron chi connectivity index (χ4n) is 6.37. The van der Waals surface area contributed by atoms with E-state index < -0.39 is 18.7 Å². The summed E-state index contributed by atoms with van der Waals surface area (Å²) in [6.45, 7) is 11.3. The zero-order chi connectivity index (χ0) is 32.6. The number of aliphatic hydroxyl groups is 1. The Balaban J connectivity index is 1.72. The molecule has 1 atom stereocenters. The molecule has 1 fully saturated rings. The SMILES string of the molecule is CCCCNC(=O)C(CC(=O)c1c(C)cc(C)c(C(=O)P(=O)(c2ccccc2)c2ccccc2)c1C)N1CCN(CCO)CC1. The van der Waals surface area contributed by atoms with Gasteiger partial charge in [0.05, 0.1) is 12.6 Å². The van der Waals surface area contributed by atoms with Crippen LogP contribution >= 0.6 is 7.14 Å². The highest BCUT2D eigenvalue weighted by molar-refractivity contribution is 7.93. The second-order valence-electron chi connectivity index (χ2n) is 11.9. The number of amides is 1. The number of nitrogens with one attached hydrogen (secondary N) is 1. The molecule has 1 heterocycles. The van der Waals surface area contributed by atoms with Gasteiger partial charge in [-0.25, -0.2) is 0 Å². The summed E-state index contributed by atoms with van der Waals surface area (Å²) in [6, 6.07) is 18.8. The van der Waals surface area contributed by atoms with Gasteiger partial charge < -0.3 is 15.0 Å². The first-order valence-corrected chi connectivity index (χ1v) is 17.6. The predicted octanol–water partition coefficient (Wildman–Crippen LogP) is 4.23. The molecule has 1 unspecified atom stereocenters. The van der Waals surface area contributed by atoms with E-state index in [1.54, 1.807) is 55.5 Å². The van der Waals surface area contributed by atoms with Crippen molar-refractivity contribution in [2.45, 2.75) is 53.0 Å². The highest BCUT2D eigenvalue weighted by Crippen LogP contribution is 2.48. The first-order valence-electron chi connectivity index (χ1n) is 15.9. The van der Waals surface area contributed by atoms with Gasteiger partial charge in [0.25, 0.3) is 0 Å². The molecule has 9 heteroatoms. The van der Waals surface area contributed by atoms with Crippen molar-refractivity contribution in [3.63, 3.8) is 0 Å². The number of ketones is 1. The number of aliphatic hydroxyl groups excluding tert-OH is 1. The molecule has 45 heavy (non-hydrogen) atoms. The maximum absolute atomic E-state index is 14.9. The van der Waals surface area contributed by atoms with Gasteiger partial charge in [0.2, 0.25) is 18.6 Å². The molecule has 3 aromatic rings. The number of hydrogen-bond donors (Lipinski definition) is 2. The van der Waals surface area contributed by atoms with E-state index >= 15 is 0 Å². The van der Waals surface area contributed by atoms with Gasteiger partial charge in [-0.2, -0.15) is 0 Å². The van der Waals surface area contributed by atoms with Crippen LogP contribution in [0.5, 0.6) is 0 Å². The van der Waals surface area contributed by atoms with Crippen LogP contribution in [0.2, 0.25) is 0 Å². The molecule has 240 valence electrons. The van der Waals surface area contributed by atoms with Crippen LogP contribution in [0.15, 0.2) is 66.7 Å². The van der Waals surface area contributed by atoms with E-state index in [1.807, 2.05) is 32.0 Å². The molecule has 1 aliphatic rings. The molecular formula is C36H46N3O5P. The van der Waals surface area contributed by atoms with E-state index in [0.717, 1.165) is 18.4 Å². The monoisotopic (exact) mass is 631 g/mol. The molecule has 3 aromatic carbocycles. The maximum Gasteiger partial charge on any atom is 0.237 e. The smallest absolute Gasteiger partial charge is 0.237 e. The van der Waals surface area contributed by atoms with Gasteiger partial charge in [0.1, 0.15) is 0 Å². The van der Waals surface area contributed by atoms with Crippen LogP contribution in [0.25, 0.3) is 0 Å². The summed E-state index contributed by atoms with van der Waals surface area (Å²) in [4.78, 5) is 46.4. The van der Waals surface area contributed by atoms with Crippen LogP contribution in [-0.2, 0) is 9.36 Å². The molecule has 0 radical (unpaired) electrons. The van der Waals surface area contributed by atoms with Crippen molar-refractivity contribution >= 4 is 35.0 Å². The Bertz CT molecular complexity index is 1490. The number of Topliss-reactive ketones (excluding diaryl/α,β-unsaturated/α-hetero) is 1. The Labute approximate surface area is 267 Å². The number of hydrogen-bond acceptors (Lipinski definition) is 7. The average molecular weight is 632 g/mol. The number of carbonyl (C=O) groups is 3. The van der Waals surface area contributed by atoms with Crippen molar-refractivity contribution in [3.8, 4) is 0 Å². The second-order valence-corrected chi connectivity index (χ2v) is 14.5. The topological polar surface area (TPSA) is 107 Å². The van der Waals surface area contributed by atoms with Crippen LogP contribution < -0.4 is 15.9 Å². The van der Waals surface area contributed by atoms with Crippen LogP contribution in [0.4, 0.5) is 0 Å².